The predicted molar refractivity (Wildman–Crippen MR) is 72.3 cm³/mol. The van der Waals surface area contributed by atoms with E-state index in [1.54, 1.807) is 6.33 Å². The van der Waals surface area contributed by atoms with Crippen molar-refractivity contribution in [1.82, 2.24) is 24.7 Å². The lowest BCUT2D eigenvalue weighted by Crippen LogP contribution is -2.40. The van der Waals surface area contributed by atoms with Gasteiger partial charge in [0.25, 0.3) is 0 Å². The molecule has 0 bridgehead atoms. The molecule has 3 rings (SSSR count). The fourth-order valence-corrected chi connectivity index (χ4v) is 2.82. The van der Waals surface area contributed by atoms with Crippen molar-refractivity contribution in [3.05, 3.63) is 24.2 Å². The lowest BCUT2D eigenvalue weighted by molar-refractivity contribution is 0.496. The minimum absolute atomic E-state index is 0.212. The summed E-state index contributed by atoms with van der Waals surface area (Å²) in [6.07, 6.45) is 4.41. The monoisotopic (exact) mass is 258 g/mol. The number of aryl methyl sites for hydroxylation is 1. The second-order valence-electron chi connectivity index (χ2n) is 5.10. The highest BCUT2D eigenvalue weighted by Gasteiger charge is 2.35. The van der Waals surface area contributed by atoms with Gasteiger partial charge in [0.05, 0.1) is 12.2 Å². The summed E-state index contributed by atoms with van der Waals surface area (Å²) in [5, 5.41) is 8.58. The molecule has 1 aliphatic rings. The Hall–Kier alpha value is -1.98. The normalized spacial score (nSPS) is 17.5. The standard InChI is InChI=1S/C13H18N6/c1-5-10-13-17-16-9(4)19(13)11-6-14-7-15-12(11)18(10)8(2)3/h6-8,10H,5H2,1-4H3. The summed E-state index contributed by atoms with van der Waals surface area (Å²) in [5.41, 5.74) is 0.971. The Morgan fingerprint density at radius 3 is 2.79 bits per heavy atom. The Bertz CT molecular complexity index is 603. The van der Waals surface area contributed by atoms with Crippen LogP contribution in [0.3, 0.4) is 0 Å². The number of rotatable bonds is 2. The number of hydrogen-bond donors (Lipinski definition) is 0. The van der Waals surface area contributed by atoms with Gasteiger partial charge in [-0.05, 0) is 27.2 Å². The fourth-order valence-electron chi connectivity index (χ4n) is 2.82. The Morgan fingerprint density at radius 2 is 2.11 bits per heavy atom. The van der Waals surface area contributed by atoms with Gasteiger partial charge in [0.2, 0.25) is 0 Å². The van der Waals surface area contributed by atoms with Crippen molar-refractivity contribution < 1.29 is 0 Å². The van der Waals surface area contributed by atoms with Gasteiger partial charge in [-0.1, -0.05) is 6.92 Å². The van der Waals surface area contributed by atoms with Crippen molar-refractivity contribution in [3.63, 3.8) is 0 Å². The maximum Gasteiger partial charge on any atom is 0.160 e. The van der Waals surface area contributed by atoms with Crippen LogP contribution >= 0.6 is 0 Å². The van der Waals surface area contributed by atoms with Crippen LogP contribution in [0.25, 0.3) is 5.69 Å². The summed E-state index contributed by atoms with van der Waals surface area (Å²) in [5.74, 6) is 2.83. The molecule has 100 valence electrons. The van der Waals surface area contributed by atoms with E-state index in [0.717, 1.165) is 29.6 Å². The predicted octanol–water partition coefficient (Wildman–Crippen LogP) is 2.05. The molecule has 1 unspecified atom stereocenters. The van der Waals surface area contributed by atoms with Crippen molar-refractivity contribution in [2.45, 2.75) is 46.2 Å². The van der Waals surface area contributed by atoms with Crippen LogP contribution in [-0.2, 0) is 0 Å². The van der Waals surface area contributed by atoms with Gasteiger partial charge in [0.15, 0.2) is 11.6 Å². The summed E-state index contributed by atoms with van der Waals surface area (Å²) in [4.78, 5) is 10.9. The lowest BCUT2D eigenvalue weighted by atomic mass is 10.1. The summed E-state index contributed by atoms with van der Waals surface area (Å²) in [6, 6.07) is 0.563. The van der Waals surface area contributed by atoms with E-state index < -0.39 is 0 Å². The number of anilines is 1. The average Bonchev–Trinajstić information content (AvgIpc) is 2.79. The minimum Gasteiger partial charge on any atom is -0.342 e. The Labute approximate surface area is 112 Å². The number of nitrogens with zero attached hydrogens (tertiary/aromatic N) is 6. The van der Waals surface area contributed by atoms with Crippen LogP contribution < -0.4 is 4.90 Å². The molecule has 6 nitrogen and oxygen atoms in total. The van der Waals surface area contributed by atoms with Gasteiger partial charge in [-0.15, -0.1) is 10.2 Å². The van der Waals surface area contributed by atoms with Crippen LogP contribution in [0.4, 0.5) is 5.82 Å². The molecular weight excluding hydrogens is 240 g/mol. The second kappa shape index (κ2) is 4.29. The first-order valence-corrected chi connectivity index (χ1v) is 6.65. The largest absolute Gasteiger partial charge is 0.342 e. The Balaban J connectivity index is 2.29. The summed E-state index contributed by atoms with van der Waals surface area (Å²) < 4.78 is 2.07. The Morgan fingerprint density at radius 1 is 1.32 bits per heavy atom. The molecule has 0 radical (unpaired) electrons. The number of hydrogen-bond acceptors (Lipinski definition) is 5. The van der Waals surface area contributed by atoms with Crippen molar-refractivity contribution >= 4 is 5.82 Å². The zero-order valence-corrected chi connectivity index (χ0v) is 11.7. The van der Waals surface area contributed by atoms with Crippen LogP contribution in [0.1, 0.15) is 44.9 Å². The molecule has 0 saturated heterocycles. The van der Waals surface area contributed by atoms with Gasteiger partial charge in [0, 0.05) is 6.04 Å². The van der Waals surface area contributed by atoms with Gasteiger partial charge in [-0.25, -0.2) is 9.97 Å². The summed E-state index contributed by atoms with van der Waals surface area (Å²) in [6.45, 7) is 8.48. The molecule has 0 saturated carbocycles. The highest BCUT2D eigenvalue weighted by molar-refractivity contribution is 5.61. The highest BCUT2D eigenvalue weighted by Crippen LogP contribution is 2.39. The third-order valence-corrected chi connectivity index (χ3v) is 3.58. The lowest BCUT2D eigenvalue weighted by Gasteiger charge is -2.39. The second-order valence-corrected chi connectivity index (χ2v) is 5.10. The van der Waals surface area contributed by atoms with Crippen molar-refractivity contribution in [2.75, 3.05) is 4.90 Å². The van der Waals surface area contributed by atoms with Gasteiger partial charge >= 0.3 is 0 Å². The van der Waals surface area contributed by atoms with Crippen molar-refractivity contribution in [2.24, 2.45) is 0 Å². The van der Waals surface area contributed by atoms with Crippen LogP contribution in [0.5, 0.6) is 0 Å². The molecule has 0 N–H and O–H groups in total. The number of aromatic nitrogens is 5. The molecule has 0 spiro atoms. The first-order valence-electron chi connectivity index (χ1n) is 6.65. The smallest absolute Gasteiger partial charge is 0.160 e. The molecule has 1 aliphatic heterocycles. The zero-order valence-electron chi connectivity index (χ0n) is 11.7. The molecule has 0 aromatic carbocycles. The third kappa shape index (κ3) is 1.63. The molecule has 1 atom stereocenters. The zero-order chi connectivity index (χ0) is 13.6. The molecule has 2 aromatic rings. The Kier molecular flexibility index (Phi) is 2.73. The van der Waals surface area contributed by atoms with Gasteiger partial charge in [-0.2, -0.15) is 0 Å². The minimum atomic E-state index is 0.212. The van der Waals surface area contributed by atoms with E-state index in [1.165, 1.54) is 0 Å². The van der Waals surface area contributed by atoms with Crippen LogP contribution in [0.2, 0.25) is 0 Å². The van der Waals surface area contributed by atoms with Gasteiger partial charge in [-0.3, -0.25) is 4.57 Å². The first-order chi connectivity index (χ1) is 9.15. The number of fused-ring (bicyclic) bond motifs is 3. The summed E-state index contributed by atoms with van der Waals surface area (Å²) >= 11 is 0. The van der Waals surface area contributed by atoms with E-state index in [2.05, 4.69) is 50.4 Å². The molecular formula is C13H18N6. The molecule has 0 aliphatic carbocycles. The third-order valence-electron chi connectivity index (χ3n) is 3.58. The quantitative estimate of drug-likeness (QED) is 0.825. The van der Waals surface area contributed by atoms with E-state index in [0.29, 0.717) is 6.04 Å². The van der Waals surface area contributed by atoms with Crippen LogP contribution in [0, 0.1) is 6.92 Å². The average molecular weight is 258 g/mol. The molecule has 0 fully saturated rings. The van der Waals surface area contributed by atoms with E-state index >= 15 is 0 Å². The highest BCUT2D eigenvalue weighted by atomic mass is 15.4. The first kappa shape index (κ1) is 12.1. The molecule has 2 aromatic heterocycles. The van der Waals surface area contributed by atoms with E-state index in [4.69, 9.17) is 0 Å². The maximum absolute atomic E-state index is 4.48. The van der Waals surface area contributed by atoms with Crippen molar-refractivity contribution in [1.29, 1.82) is 0 Å². The molecule has 6 heteroatoms. The van der Waals surface area contributed by atoms with E-state index in [1.807, 2.05) is 13.1 Å². The van der Waals surface area contributed by atoms with Gasteiger partial charge in [0.1, 0.15) is 17.8 Å². The summed E-state index contributed by atoms with van der Waals surface area (Å²) in [7, 11) is 0. The van der Waals surface area contributed by atoms with E-state index in [-0.39, 0.29) is 6.04 Å². The molecule has 19 heavy (non-hydrogen) atoms. The fraction of sp³-hybridized carbons (Fsp3) is 0.538. The molecule has 3 heterocycles. The topological polar surface area (TPSA) is 59.7 Å². The van der Waals surface area contributed by atoms with Crippen LogP contribution in [-0.4, -0.2) is 30.8 Å². The van der Waals surface area contributed by atoms with E-state index in [9.17, 15) is 0 Å². The SMILES string of the molecule is CCC1c2nnc(C)n2-c2cncnc2N1C(C)C. The van der Waals surface area contributed by atoms with Crippen LogP contribution in [0.15, 0.2) is 12.5 Å². The van der Waals surface area contributed by atoms with Gasteiger partial charge < -0.3 is 4.90 Å². The maximum atomic E-state index is 4.48. The molecule has 0 amide bonds. The van der Waals surface area contributed by atoms with Crippen molar-refractivity contribution in [3.8, 4) is 5.69 Å².